The number of furan rings is 1. The summed E-state index contributed by atoms with van der Waals surface area (Å²) in [6, 6.07) is 7.07. The standard InChI is InChI=1S/C16H19Cl2NO2/c1-11(2)8-19-9-16-12(5-6-20-16)10-21-15-7-13(17)3-4-14(15)18/h3-7,11,19H,8-10H2,1-2H3. The zero-order valence-electron chi connectivity index (χ0n) is 12.2. The average molecular weight is 328 g/mol. The van der Waals surface area contributed by atoms with Crippen LogP contribution < -0.4 is 10.1 Å². The molecule has 114 valence electrons. The molecule has 0 amide bonds. The van der Waals surface area contributed by atoms with Crippen LogP contribution in [0.2, 0.25) is 10.0 Å². The van der Waals surface area contributed by atoms with E-state index in [2.05, 4.69) is 19.2 Å². The summed E-state index contributed by atoms with van der Waals surface area (Å²) in [6.07, 6.45) is 1.67. The van der Waals surface area contributed by atoms with E-state index in [-0.39, 0.29) is 0 Å². The van der Waals surface area contributed by atoms with Crippen LogP contribution in [-0.2, 0) is 13.2 Å². The second-order valence-electron chi connectivity index (χ2n) is 5.26. The molecule has 0 aliphatic rings. The monoisotopic (exact) mass is 327 g/mol. The molecule has 0 unspecified atom stereocenters. The van der Waals surface area contributed by atoms with Gasteiger partial charge in [-0.2, -0.15) is 0 Å². The van der Waals surface area contributed by atoms with Gasteiger partial charge in [-0.3, -0.25) is 0 Å². The Hall–Kier alpha value is -1.16. The van der Waals surface area contributed by atoms with E-state index < -0.39 is 0 Å². The lowest BCUT2D eigenvalue weighted by Gasteiger charge is -2.10. The molecule has 0 saturated heterocycles. The molecule has 1 heterocycles. The van der Waals surface area contributed by atoms with Crippen molar-refractivity contribution in [1.29, 1.82) is 0 Å². The van der Waals surface area contributed by atoms with Crippen molar-refractivity contribution in [1.82, 2.24) is 5.32 Å². The van der Waals surface area contributed by atoms with Gasteiger partial charge in [-0.05, 0) is 30.7 Å². The number of benzene rings is 1. The van der Waals surface area contributed by atoms with Crippen LogP contribution in [-0.4, -0.2) is 6.54 Å². The zero-order valence-corrected chi connectivity index (χ0v) is 13.7. The molecule has 3 nitrogen and oxygen atoms in total. The molecular weight excluding hydrogens is 309 g/mol. The molecule has 1 aromatic carbocycles. The first-order chi connectivity index (χ1) is 10.1. The first kappa shape index (κ1) is 16.2. The van der Waals surface area contributed by atoms with Gasteiger partial charge in [-0.25, -0.2) is 0 Å². The van der Waals surface area contributed by atoms with E-state index in [1.807, 2.05) is 6.07 Å². The van der Waals surface area contributed by atoms with Crippen LogP contribution in [0, 0.1) is 5.92 Å². The Kier molecular flexibility index (Phi) is 5.97. The summed E-state index contributed by atoms with van der Waals surface area (Å²) in [5.41, 5.74) is 1.00. The summed E-state index contributed by atoms with van der Waals surface area (Å²) in [4.78, 5) is 0. The van der Waals surface area contributed by atoms with Crippen molar-refractivity contribution in [2.75, 3.05) is 6.54 Å². The third-order valence-corrected chi connectivity index (χ3v) is 3.50. The second-order valence-corrected chi connectivity index (χ2v) is 6.10. The van der Waals surface area contributed by atoms with Gasteiger partial charge in [-0.1, -0.05) is 37.0 Å². The summed E-state index contributed by atoms with van der Waals surface area (Å²) in [6.45, 7) is 6.37. The lowest BCUT2D eigenvalue weighted by atomic mass is 10.2. The van der Waals surface area contributed by atoms with Gasteiger partial charge in [0.05, 0.1) is 17.8 Å². The molecule has 2 aromatic rings. The SMILES string of the molecule is CC(C)CNCc1occc1COc1cc(Cl)ccc1Cl. The summed E-state index contributed by atoms with van der Waals surface area (Å²) in [5.74, 6) is 2.06. The number of halogens is 2. The topological polar surface area (TPSA) is 34.4 Å². The van der Waals surface area contributed by atoms with Crippen LogP contribution in [0.25, 0.3) is 0 Å². The van der Waals surface area contributed by atoms with Gasteiger partial charge in [0, 0.05) is 16.7 Å². The van der Waals surface area contributed by atoms with Crippen molar-refractivity contribution < 1.29 is 9.15 Å². The third kappa shape index (κ3) is 4.95. The highest BCUT2D eigenvalue weighted by molar-refractivity contribution is 6.34. The molecule has 0 aliphatic carbocycles. The Bertz CT molecular complexity index is 581. The van der Waals surface area contributed by atoms with Crippen molar-refractivity contribution in [3.63, 3.8) is 0 Å². The molecule has 1 aromatic heterocycles. The molecule has 21 heavy (non-hydrogen) atoms. The minimum Gasteiger partial charge on any atom is -0.487 e. The number of ether oxygens (including phenoxy) is 1. The summed E-state index contributed by atoms with van der Waals surface area (Å²) in [7, 11) is 0. The van der Waals surface area contributed by atoms with Gasteiger partial charge >= 0.3 is 0 Å². The van der Waals surface area contributed by atoms with Gasteiger partial charge in [0.2, 0.25) is 0 Å². The fourth-order valence-electron chi connectivity index (χ4n) is 1.87. The normalized spacial score (nSPS) is 11.1. The van der Waals surface area contributed by atoms with Crippen molar-refractivity contribution in [2.24, 2.45) is 5.92 Å². The van der Waals surface area contributed by atoms with Crippen molar-refractivity contribution in [3.8, 4) is 5.75 Å². The van der Waals surface area contributed by atoms with Gasteiger partial charge in [0.1, 0.15) is 18.1 Å². The number of rotatable bonds is 7. The molecule has 2 rings (SSSR count). The van der Waals surface area contributed by atoms with Gasteiger partial charge in [0.15, 0.2) is 0 Å². The lowest BCUT2D eigenvalue weighted by Crippen LogP contribution is -2.19. The number of hydrogen-bond acceptors (Lipinski definition) is 3. The predicted octanol–water partition coefficient (Wildman–Crippen LogP) is 4.91. The quantitative estimate of drug-likeness (QED) is 0.784. The van der Waals surface area contributed by atoms with E-state index >= 15 is 0 Å². The van der Waals surface area contributed by atoms with Crippen molar-refractivity contribution >= 4 is 23.2 Å². The molecule has 0 aliphatic heterocycles. The van der Waals surface area contributed by atoms with Crippen molar-refractivity contribution in [3.05, 3.63) is 51.9 Å². The van der Waals surface area contributed by atoms with Gasteiger partial charge in [-0.15, -0.1) is 0 Å². The molecule has 0 fully saturated rings. The maximum Gasteiger partial charge on any atom is 0.139 e. The average Bonchev–Trinajstić information content (AvgIpc) is 2.87. The molecule has 0 bridgehead atoms. The van der Waals surface area contributed by atoms with Gasteiger partial charge in [0.25, 0.3) is 0 Å². The van der Waals surface area contributed by atoms with Crippen LogP contribution >= 0.6 is 23.2 Å². The number of hydrogen-bond donors (Lipinski definition) is 1. The van der Waals surface area contributed by atoms with E-state index in [1.165, 1.54) is 0 Å². The molecular formula is C16H19Cl2NO2. The fourth-order valence-corrected chi connectivity index (χ4v) is 2.20. The maximum atomic E-state index is 6.08. The van der Waals surface area contributed by atoms with E-state index in [0.717, 1.165) is 17.9 Å². The Morgan fingerprint density at radius 1 is 1.24 bits per heavy atom. The molecule has 1 N–H and O–H groups in total. The van der Waals surface area contributed by atoms with Crippen LogP contribution in [0.1, 0.15) is 25.2 Å². The van der Waals surface area contributed by atoms with Gasteiger partial charge < -0.3 is 14.5 Å². The van der Waals surface area contributed by atoms with E-state index in [0.29, 0.717) is 34.9 Å². The summed E-state index contributed by atoms with van der Waals surface area (Å²) >= 11 is 12.0. The summed E-state index contributed by atoms with van der Waals surface area (Å²) < 4.78 is 11.2. The maximum absolute atomic E-state index is 6.08. The highest BCUT2D eigenvalue weighted by Crippen LogP contribution is 2.28. The van der Waals surface area contributed by atoms with E-state index in [1.54, 1.807) is 24.5 Å². The Balaban J connectivity index is 1.94. The molecule has 0 saturated carbocycles. The van der Waals surface area contributed by atoms with Crippen LogP contribution in [0.3, 0.4) is 0 Å². The Labute approximate surface area is 135 Å². The molecule has 0 radical (unpaired) electrons. The molecule has 0 spiro atoms. The first-order valence-electron chi connectivity index (χ1n) is 6.90. The van der Waals surface area contributed by atoms with Crippen LogP contribution in [0.15, 0.2) is 34.9 Å². The third-order valence-electron chi connectivity index (χ3n) is 2.95. The fraction of sp³-hybridized carbons (Fsp3) is 0.375. The van der Waals surface area contributed by atoms with Crippen LogP contribution in [0.5, 0.6) is 5.75 Å². The van der Waals surface area contributed by atoms with E-state index in [4.69, 9.17) is 32.4 Å². The molecule has 5 heteroatoms. The predicted molar refractivity (Wildman–Crippen MR) is 86.0 cm³/mol. The van der Waals surface area contributed by atoms with E-state index in [9.17, 15) is 0 Å². The van der Waals surface area contributed by atoms with Crippen LogP contribution in [0.4, 0.5) is 0 Å². The minimum absolute atomic E-state index is 0.398. The Morgan fingerprint density at radius 3 is 2.81 bits per heavy atom. The largest absolute Gasteiger partial charge is 0.487 e. The minimum atomic E-state index is 0.398. The highest BCUT2D eigenvalue weighted by Gasteiger charge is 2.09. The zero-order chi connectivity index (χ0) is 15.2. The lowest BCUT2D eigenvalue weighted by molar-refractivity contribution is 0.301. The number of nitrogens with one attached hydrogen (secondary N) is 1. The first-order valence-corrected chi connectivity index (χ1v) is 7.65. The summed E-state index contributed by atoms with van der Waals surface area (Å²) in [5, 5.41) is 4.49. The second kappa shape index (κ2) is 7.74. The Morgan fingerprint density at radius 2 is 2.05 bits per heavy atom. The highest BCUT2D eigenvalue weighted by atomic mass is 35.5. The van der Waals surface area contributed by atoms with Crippen molar-refractivity contribution in [2.45, 2.75) is 27.0 Å². The smallest absolute Gasteiger partial charge is 0.139 e. The molecule has 0 atom stereocenters.